The molecule has 0 radical (unpaired) electrons. The average molecular weight is 330 g/mol. The Balaban J connectivity index is 1.78. The molecule has 0 spiro atoms. The maximum Gasteiger partial charge on any atom is 0.255 e. The van der Waals surface area contributed by atoms with E-state index in [1.165, 1.54) is 6.08 Å². The Hall–Kier alpha value is -3.69. The second-order valence-corrected chi connectivity index (χ2v) is 5.12. The van der Waals surface area contributed by atoms with Crippen LogP contribution in [0.15, 0.2) is 83.9 Å². The van der Waals surface area contributed by atoms with E-state index in [0.717, 1.165) is 0 Å². The number of nitrogens with one attached hydrogen (secondary N) is 1. The molecule has 5 heteroatoms. The molecule has 1 amide bonds. The Morgan fingerprint density at radius 1 is 0.880 bits per heavy atom. The van der Waals surface area contributed by atoms with E-state index in [-0.39, 0.29) is 5.91 Å². The molecular formula is C20H14N2O3. The fourth-order valence-electron chi connectivity index (χ4n) is 2.21. The molecule has 0 aliphatic carbocycles. The number of hydrogen-bond acceptors (Lipinski definition) is 4. The first-order valence-corrected chi connectivity index (χ1v) is 7.57. The van der Waals surface area contributed by atoms with Crippen LogP contribution in [0.4, 0.5) is 11.4 Å². The number of amides is 1. The monoisotopic (exact) mass is 330 g/mol. The van der Waals surface area contributed by atoms with Crippen molar-refractivity contribution in [1.29, 1.82) is 0 Å². The maximum absolute atomic E-state index is 12.4. The molecule has 0 aliphatic rings. The molecule has 0 saturated heterocycles. The maximum atomic E-state index is 12.4. The minimum Gasteiger partial charge on any atom is -0.455 e. The third kappa shape index (κ3) is 4.19. The van der Waals surface area contributed by atoms with Crippen LogP contribution in [0.5, 0.6) is 11.5 Å². The summed E-state index contributed by atoms with van der Waals surface area (Å²) in [5.74, 6) is 0.940. The van der Waals surface area contributed by atoms with E-state index in [1.807, 2.05) is 42.5 Å². The van der Waals surface area contributed by atoms with Gasteiger partial charge >= 0.3 is 0 Å². The molecule has 0 aliphatic heterocycles. The van der Waals surface area contributed by atoms with E-state index in [2.05, 4.69) is 10.3 Å². The normalized spacial score (nSPS) is 9.76. The quantitative estimate of drug-likeness (QED) is 0.544. The van der Waals surface area contributed by atoms with Crippen molar-refractivity contribution in [3.05, 3.63) is 84.4 Å². The number of aliphatic imine (C=N–C) groups is 1. The van der Waals surface area contributed by atoms with Crippen LogP contribution in [0.1, 0.15) is 10.4 Å². The largest absolute Gasteiger partial charge is 0.455 e. The van der Waals surface area contributed by atoms with E-state index in [9.17, 15) is 9.59 Å². The van der Waals surface area contributed by atoms with Crippen LogP contribution in [0.25, 0.3) is 0 Å². The summed E-state index contributed by atoms with van der Waals surface area (Å²) in [6, 6.07) is 22.9. The van der Waals surface area contributed by atoms with Gasteiger partial charge in [0.05, 0.1) is 11.4 Å². The molecule has 0 unspecified atom stereocenters. The van der Waals surface area contributed by atoms with E-state index in [0.29, 0.717) is 28.4 Å². The van der Waals surface area contributed by atoms with Gasteiger partial charge in [0.1, 0.15) is 5.75 Å². The van der Waals surface area contributed by atoms with Crippen molar-refractivity contribution in [3.63, 3.8) is 0 Å². The predicted molar refractivity (Wildman–Crippen MR) is 95.1 cm³/mol. The Morgan fingerprint density at radius 3 is 2.28 bits per heavy atom. The van der Waals surface area contributed by atoms with Crippen LogP contribution in [0.3, 0.4) is 0 Å². The zero-order chi connectivity index (χ0) is 17.5. The van der Waals surface area contributed by atoms with Crippen LogP contribution in [-0.2, 0) is 4.79 Å². The summed E-state index contributed by atoms with van der Waals surface area (Å²) in [6.45, 7) is 0. The van der Waals surface area contributed by atoms with Crippen molar-refractivity contribution in [3.8, 4) is 11.5 Å². The summed E-state index contributed by atoms with van der Waals surface area (Å²) in [5, 5.41) is 2.83. The van der Waals surface area contributed by atoms with Gasteiger partial charge in [-0.2, -0.15) is 4.99 Å². The van der Waals surface area contributed by atoms with Gasteiger partial charge in [-0.05, 0) is 48.5 Å². The lowest BCUT2D eigenvalue weighted by atomic mass is 10.2. The standard InChI is InChI=1S/C20H14N2O3/c23-14-21-16-12-10-15(11-13-16)20(24)22-18-8-4-5-9-19(18)25-17-6-2-1-3-7-17/h1-13H,(H,22,24). The third-order valence-corrected chi connectivity index (χ3v) is 3.41. The van der Waals surface area contributed by atoms with Gasteiger partial charge < -0.3 is 10.1 Å². The summed E-state index contributed by atoms with van der Waals surface area (Å²) in [6.07, 6.45) is 1.46. The first kappa shape index (κ1) is 16.2. The lowest BCUT2D eigenvalue weighted by Gasteiger charge is -2.12. The van der Waals surface area contributed by atoms with Crippen molar-refractivity contribution in [2.24, 2.45) is 4.99 Å². The molecule has 0 heterocycles. The number of carbonyl (C=O) groups is 1. The van der Waals surface area contributed by atoms with Crippen LogP contribution < -0.4 is 10.1 Å². The van der Waals surface area contributed by atoms with E-state index in [1.54, 1.807) is 36.4 Å². The first-order valence-electron chi connectivity index (χ1n) is 7.57. The lowest BCUT2D eigenvalue weighted by molar-refractivity contribution is 0.102. The Labute approximate surface area is 144 Å². The molecular weight excluding hydrogens is 316 g/mol. The van der Waals surface area contributed by atoms with Gasteiger partial charge in [-0.1, -0.05) is 30.3 Å². The number of nitrogens with zero attached hydrogens (tertiary/aromatic N) is 1. The third-order valence-electron chi connectivity index (χ3n) is 3.41. The fraction of sp³-hybridized carbons (Fsp3) is 0. The smallest absolute Gasteiger partial charge is 0.255 e. The predicted octanol–water partition coefficient (Wildman–Crippen LogP) is 4.70. The van der Waals surface area contributed by atoms with Crippen molar-refractivity contribution in [2.45, 2.75) is 0 Å². The molecule has 3 rings (SSSR count). The highest BCUT2D eigenvalue weighted by molar-refractivity contribution is 6.05. The molecule has 0 atom stereocenters. The highest BCUT2D eigenvalue weighted by Gasteiger charge is 2.10. The molecule has 3 aromatic carbocycles. The minimum atomic E-state index is -0.286. The van der Waals surface area contributed by atoms with Crippen LogP contribution in [0, 0.1) is 0 Å². The SMILES string of the molecule is O=C=Nc1ccc(C(=O)Nc2ccccc2Oc2ccccc2)cc1. The Morgan fingerprint density at radius 2 is 1.56 bits per heavy atom. The van der Waals surface area contributed by atoms with Gasteiger partial charge in [0, 0.05) is 5.56 Å². The fourth-order valence-corrected chi connectivity index (χ4v) is 2.21. The number of anilines is 1. The molecule has 122 valence electrons. The zero-order valence-electron chi connectivity index (χ0n) is 13.2. The molecule has 0 saturated carbocycles. The molecule has 1 N–H and O–H groups in total. The van der Waals surface area contributed by atoms with Crippen molar-refractivity contribution in [1.82, 2.24) is 0 Å². The molecule has 25 heavy (non-hydrogen) atoms. The highest BCUT2D eigenvalue weighted by Crippen LogP contribution is 2.29. The van der Waals surface area contributed by atoms with E-state index < -0.39 is 0 Å². The minimum absolute atomic E-state index is 0.286. The van der Waals surface area contributed by atoms with E-state index in [4.69, 9.17) is 4.74 Å². The summed E-state index contributed by atoms with van der Waals surface area (Å²) in [7, 11) is 0. The summed E-state index contributed by atoms with van der Waals surface area (Å²) < 4.78 is 5.82. The summed E-state index contributed by atoms with van der Waals surface area (Å²) >= 11 is 0. The number of isocyanates is 1. The van der Waals surface area contributed by atoms with Gasteiger partial charge in [-0.3, -0.25) is 4.79 Å². The number of para-hydroxylation sites is 3. The number of ether oxygens (including phenoxy) is 1. The van der Waals surface area contributed by atoms with Crippen LogP contribution >= 0.6 is 0 Å². The highest BCUT2D eigenvalue weighted by atomic mass is 16.5. The van der Waals surface area contributed by atoms with Crippen LogP contribution in [0.2, 0.25) is 0 Å². The molecule has 3 aromatic rings. The van der Waals surface area contributed by atoms with Crippen molar-refractivity contribution < 1.29 is 14.3 Å². The van der Waals surface area contributed by atoms with Gasteiger partial charge in [-0.25, -0.2) is 4.79 Å². The summed E-state index contributed by atoms with van der Waals surface area (Å²) in [4.78, 5) is 26.1. The molecule has 5 nitrogen and oxygen atoms in total. The molecule has 0 fully saturated rings. The van der Waals surface area contributed by atoms with Crippen molar-refractivity contribution >= 4 is 23.4 Å². The topological polar surface area (TPSA) is 67.8 Å². The number of carbonyl (C=O) groups excluding carboxylic acids is 2. The Bertz CT molecular complexity index is 915. The number of hydrogen-bond donors (Lipinski definition) is 1. The second-order valence-electron chi connectivity index (χ2n) is 5.12. The number of benzene rings is 3. The first-order chi connectivity index (χ1) is 12.3. The van der Waals surface area contributed by atoms with E-state index >= 15 is 0 Å². The van der Waals surface area contributed by atoms with Gasteiger partial charge in [0.2, 0.25) is 6.08 Å². The van der Waals surface area contributed by atoms with Crippen molar-refractivity contribution in [2.75, 3.05) is 5.32 Å². The Kier molecular flexibility index (Phi) is 5.00. The molecule has 0 bridgehead atoms. The lowest BCUT2D eigenvalue weighted by Crippen LogP contribution is -2.12. The number of rotatable bonds is 5. The van der Waals surface area contributed by atoms with Gasteiger partial charge in [0.15, 0.2) is 5.75 Å². The zero-order valence-corrected chi connectivity index (χ0v) is 13.2. The molecule has 0 aromatic heterocycles. The second kappa shape index (κ2) is 7.73. The summed E-state index contributed by atoms with van der Waals surface area (Å²) in [5.41, 5.74) is 1.45. The van der Waals surface area contributed by atoms with Gasteiger partial charge in [-0.15, -0.1) is 0 Å². The average Bonchev–Trinajstić information content (AvgIpc) is 2.65. The van der Waals surface area contributed by atoms with Crippen LogP contribution in [-0.4, -0.2) is 12.0 Å². The van der Waals surface area contributed by atoms with Gasteiger partial charge in [0.25, 0.3) is 5.91 Å².